The van der Waals surface area contributed by atoms with Crippen molar-refractivity contribution in [3.05, 3.63) is 69.8 Å². The van der Waals surface area contributed by atoms with E-state index in [2.05, 4.69) is 16.7 Å². The van der Waals surface area contributed by atoms with Gasteiger partial charge in [0.2, 0.25) is 11.8 Å². The Morgan fingerprint density at radius 1 is 1.14 bits per heavy atom. The topological polar surface area (TPSA) is 118 Å². The van der Waals surface area contributed by atoms with Gasteiger partial charge in [-0.25, -0.2) is 0 Å². The lowest BCUT2D eigenvalue weighted by atomic mass is 9.78. The molecule has 2 N–H and O–H groups in total. The van der Waals surface area contributed by atoms with E-state index in [1.54, 1.807) is 24.3 Å². The molecule has 2 amide bonds. The smallest absolute Gasteiger partial charge is 0.319 e. The van der Waals surface area contributed by atoms with Crippen LogP contribution < -0.4 is 15.4 Å². The number of nitrogens with one attached hydrogen (secondary N) is 2. The maximum atomic E-state index is 13.0. The molecular formula is C26H27N3O5S. The number of amides is 2. The molecule has 0 unspecified atom stereocenters. The Kier molecular flexibility index (Phi) is 8.55. The molecule has 0 saturated heterocycles. The normalized spacial score (nSPS) is 17.3. The highest BCUT2D eigenvalue weighted by atomic mass is 32.2. The minimum atomic E-state index is -1.24. The van der Waals surface area contributed by atoms with Gasteiger partial charge < -0.3 is 20.1 Å². The van der Waals surface area contributed by atoms with Gasteiger partial charge in [0, 0.05) is 11.6 Å². The number of carbonyl (C=O) groups is 3. The van der Waals surface area contributed by atoms with Gasteiger partial charge in [0.15, 0.2) is 0 Å². The molecule has 0 radical (unpaired) electrons. The number of ether oxygens (including phenoxy) is 2. The number of aryl methyl sites for hydroxylation is 2. The van der Waals surface area contributed by atoms with Gasteiger partial charge in [-0.1, -0.05) is 42.1 Å². The van der Waals surface area contributed by atoms with Crippen LogP contribution in [0.1, 0.15) is 29.5 Å². The highest BCUT2D eigenvalue weighted by Crippen LogP contribution is 2.40. The van der Waals surface area contributed by atoms with E-state index < -0.39 is 23.7 Å². The Hall–Kier alpha value is -3.77. The molecule has 2 aromatic carbocycles. The van der Waals surface area contributed by atoms with E-state index in [9.17, 15) is 19.6 Å². The van der Waals surface area contributed by atoms with Crippen LogP contribution in [0.5, 0.6) is 5.75 Å². The van der Waals surface area contributed by atoms with E-state index in [1.807, 2.05) is 39.0 Å². The number of allylic oxidation sites excluding steroid dienone is 1. The summed E-state index contributed by atoms with van der Waals surface area (Å²) in [6.45, 7) is 6.16. The van der Waals surface area contributed by atoms with Crippen molar-refractivity contribution in [2.45, 2.75) is 26.7 Å². The van der Waals surface area contributed by atoms with E-state index in [0.717, 1.165) is 28.6 Å². The number of hydrogen-bond acceptors (Lipinski definition) is 7. The molecule has 0 bridgehead atoms. The van der Waals surface area contributed by atoms with Gasteiger partial charge in [-0.15, -0.1) is 0 Å². The highest BCUT2D eigenvalue weighted by Gasteiger charge is 2.44. The number of anilines is 1. The number of nitriles is 1. The zero-order valence-electron chi connectivity index (χ0n) is 20.0. The Labute approximate surface area is 208 Å². The van der Waals surface area contributed by atoms with Crippen LogP contribution >= 0.6 is 11.8 Å². The second-order valence-corrected chi connectivity index (χ2v) is 8.91. The quantitative estimate of drug-likeness (QED) is 0.424. The van der Waals surface area contributed by atoms with Gasteiger partial charge in [-0.3, -0.25) is 14.4 Å². The lowest BCUT2D eigenvalue weighted by Crippen LogP contribution is -2.44. The molecule has 1 aliphatic heterocycles. The fourth-order valence-electron chi connectivity index (χ4n) is 3.94. The molecule has 9 heteroatoms. The number of methoxy groups -OCH3 is 1. The van der Waals surface area contributed by atoms with E-state index in [4.69, 9.17) is 9.47 Å². The summed E-state index contributed by atoms with van der Waals surface area (Å²) in [5, 5.41) is 15.8. The minimum absolute atomic E-state index is 0.0343. The average Bonchev–Trinajstić information content (AvgIpc) is 2.85. The van der Waals surface area contributed by atoms with Crippen LogP contribution in [0.15, 0.2) is 53.1 Å². The first-order valence-electron chi connectivity index (χ1n) is 11.0. The van der Waals surface area contributed by atoms with Crippen LogP contribution in [0.4, 0.5) is 5.69 Å². The van der Waals surface area contributed by atoms with Crippen molar-refractivity contribution in [2.24, 2.45) is 5.92 Å². The van der Waals surface area contributed by atoms with E-state index in [0.29, 0.717) is 17.9 Å². The molecule has 0 spiro atoms. The third-order valence-electron chi connectivity index (χ3n) is 5.63. The zero-order chi connectivity index (χ0) is 25.5. The van der Waals surface area contributed by atoms with Crippen LogP contribution in [0, 0.1) is 31.1 Å². The molecule has 0 fully saturated rings. The molecule has 3 rings (SSSR count). The molecule has 2 atom stereocenters. The molecule has 35 heavy (non-hydrogen) atoms. The van der Waals surface area contributed by atoms with Crippen LogP contribution in [0.2, 0.25) is 0 Å². The van der Waals surface area contributed by atoms with Gasteiger partial charge in [0.25, 0.3) is 0 Å². The maximum absolute atomic E-state index is 13.0. The number of thioether (sulfide) groups is 1. The van der Waals surface area contributed by atoms with Crippen molar-refractivity contribution in [3.63, 3.8) is 0 Å². The second kappa shape index (κ2) is 11.6. The minimum Gasteiger partial charge on any atom is -0.494 e. The largest absolute Gasteiger partial charge is 0.494 e. The van der Waals surface area contributed by atoms with Crippen molar-refractivity contribution in [1.29, 1.82) is 5.26 Å². The molecular weight excluding hydrogens is 466 g/mol. The monoisotopic (exact) mass is 493 g/mol. The van der Waals surface area contributed by atoms with Crippen molar-refractivity contribution in [2.75, 3.05) is 24.8 Å². The summed E-state index contributed by atoms with van der Waals surface area (Å²) < 4.78 is 10.3. The number of esters is 1. The summed E-state index contributed by atoms with van der Waals surface area (Å²) in [5.74, 6) is -3.11. The fraction of sp³-hybridized carbons (Fsp3) is 0.308. The number of carbonyl (C=O) groups excluding carboxylic acids is 3. The highest BCUT2D eigenvalue weighted by molar-refractivity contribution is 8.03. The third kappa shape index (κ3) is 5.84. The summed E-state index contributed by atoms with van der Waals surface area (Å²) in [6, 6.07) is 14.7. The predicted molar refractivity (Wildman–Crippen MR) is 134 cm³/mol. The summed E-state index contributed by atoms with van der Waals surface area (Å²) in [7, 11) is 1.20. The van der Waals surface area contributed by atoms with E-state index in [1.165, 1.54) is 7.11 Å². The lowest BCUT2D eigenvalue weighted by Gasteiger charge is -2.31. The summed E-state index contributed by atoms with van der Waals surface area (Å²) in [6.07, 6.45) is 0. The third-order valence-corrected chi connectivity index (χ3v) is 6.64. The van der Waals surface area contributed by atoms with Gasteiger partial charge >= 0.3 is 5.97 Å². The number of para-hydroxylation sites is 1. The zero-order valence-corrected chi connectivity index (χ0v) is 20.8. The molecule has 2 aromatic rings. The maximum Gasteiger partial charge on any atom is 0.319 e. The SMILES string of the molecule is CCOc1ccc([C@H]2C(C#N)=C(SCC(=O)Nc3c(C)cccc3C)NC(=O)[C@H]2C(=O)OC)cc1. The Bertz CT molecular complexity index is 1180. The second-order valence-electron chi connectivity index (χ2n) is 7.93. The lowest BCUT2D eigenvalue weighted by molar-refractivity contribution is -0.150. The Morgan fingerprint density at radius 3 is 2.37 bits per heavy atom. The Balaban J connectivity index is 1.90. The summed E-state index contributed by atoms with van der Waals surface area (Å²) in [5.41, 5.74) is 3.38. The first-order chi connectivity index (χ1) is 16.8. The average molecular weight is 494 g/mol. The summed E-state index contributed by atoms with van der Waals surface area (Å²) in [4.78, 5) is 38.1. The van der Waals surface area contributed by atoms with Crippen LogP contribution in [0.3, 0.4) is 0 Å². The van der Waals surface area contributed by atoms with E-state index in [-0.39, 0.29) is 22.3 Å². The predicted octanol–water partition coefficient (Wildman–Crippen LogP) is 3.81. The van der Waals surface area contributed by atoms with Gasteiger partial charge in [0.05, 0.1) is 36.1 Å². The molecule has 182 valence electrons. The molecule has 1 aliphatic rings. The first-order valence-corrected chi connectivity index (χ1v) is 12.0. The fourth-order valence-corrected chi connectivity index (χ4v) is 4.79. The number of benzene rings is 2. The van der Waals surface area contributed by atoms with E-state index >= 15 is 0 Å². The number of hydrogen-bond donors (Lipinski definition) is 2. The standard InChI is InChI=1S/C26H27N3O5S/c1-5-34-18-11-9-17(10-12-18)21-19(13-27)25(29-24(31)22(21)26(32)33-4)35-14-20(30)28-23-15(2)7-6-8-16(23)3/h6-12,21-22H,5,14H2,1-4H3,(H,28,30)(H,29,31)/t21-,22-/m0/s1. The van der Waals surface area contributed by atoms with Crippen LogP contribution in [-0.2, 0) is 19.1 Å². The number of rotatable bonds is 8. The first kappa shape index (κ1) is 25.8. The molecule has 0 saturated carbocycles. The van der Waals surface area contributed by atoms with Gasteiger partial charge in [0.1, 0.15) is 11.7 Å². The van der Waals surface area contributed by atoms with Crippen molar-refractivity contribution in [1.82, 2.24) is 5.32 Å². The molecule has 1 heterocycles. The van der Waals surface area contributed by atoms with Crippen molar-refractivity contribution >= 4 is 35.2 Å². The molecule has 8 nitrogen and oxygen atoms in total. The molecule has 0 aliphatic carbocycles. The summed E-state index contributed by atoms with van der Waals surface area (Å²) >= 11 is 1.04. The van der Waals surface area contributed by atoms with Crippen LogP contribution in [-0.4, -0.2) is 37.3 Å². The van der Waals surface area contributed by atoms with Crippen molar-refractivity contribution < 1.29 is 23.9 Å². The Morgan fingerprint density at radius 2 is 1.80 bits per heavy atom. The molecule has 0 aromatic heterocycles. The van der Waals surface area contributed by atoms with Gasteiger partial charge in [-0.2, -0.15) is 5.26 Å². The van der Waals surface area contributed by atoms with Crippen molar-refractivity contribution in [3.8, 4) is 11.8 Å². The van der Waals surface area contributed by atoms with Crippen LogP contribution in [0.25, 0.3) is 0 Å². The number of nitrogens with zero attached hydrogens (tertiary/aromatic N) is 1. The van der Waals surface area contributed by atoms with Gasteiger partial charge in [-0.05, 0) is 49.6 Å².